The van der Waals surface area contributed by atoms with E-state index in [-0.39, 0.29) is 18.1 Å². The van der Waals surface area contributed by atoms with Crippen LogP contribution < -0.4 is 10.6 Å². The van der Waals surface area contributed by atoms with Crippen LogP contribution in [0.1, 0.15) is 16.7 Å². The van der Waals surface area contributed by atoms with E-state index in [1.807, 2.05) is 19.9 Å². The summed E-state index contributed by atoms with van der Waals surface area (Å²) in [5.41, 5.74) is 4.52. The largest absolute Gasteiger partial charge is 0.354 e. The maximum Gasteiger partial charge on any atom is 0.230 e. The van der Waals surface area contributed by atoms with Gasteiger partial charge in [-0.1, -0.05) is 24.3 Å². The molecule has 0 radical (unpaired) electrons. The number of pyridine rings is 1. The first kappa shape index (κ1) is 17.6. The van der Waals surface area contributed by atoms with Crippen LogP contribution in [0.4, 0.5) is 21.6 Å². The Bertz CT molecular complexity index is 903. The lowest BCUT2D eigenvalue weighted by Crippen LogP contribution is -2.16. The first-order valence-corrected chi connectivity index (χ1v) is 8.34. The molecule has 0 saturated carbocycles. The molecule has 1 heterocycles. The number of aromatic nitrogens is 1. The number of halogens is 1. The molecule has 132 valence electrons. The average molecular weight is 349 g/mol. The molecule has 3 rings (SSSR count). The van der Waals surface area contributed by atoms with E-state index in [2.05, 4.69) is 33.8 Å². The Morgan fingerprint density at radius 1 is 1.00 bits per heavy atom. The minimum Gasteiger partial charge on any atom is -0.354 e. The summed E-state index contributed by atoms with van der Waals surface area (Å²) in [5, 5.41) is 5.97. The van der Waals surface area contributed by atoms with E-state index in [0.29, 0.717) is 11.4 Å². The minimum absolute atomic E-state index is 0.0308. The summed E-state index contributed by atoms with van der Waals surface area (Å²) >= 11 is 0. The van der Waals surface area contributed by atoms with E-state index < -0.39 is 0 Å². The van der Waals surface area contributed by atoms with Crippen molar-refractivity contribution < 1.29 is 9.18 Å². The molecule has 0 unspecified atom stereocenters. The number of hydrogen-bond donors (Lipinski definition) is 2. The Morgan fingerprint density at radius 3 is 2.38 bits per heavy atom. The van der Waals surface area contributed by atoms with Crippen LogP contribution in [0.25, 0.3) is 0 Å². The Kier molecular flexibility index (Phi) is 5.27. The average Bonchev–Trinajstić information content (AvgIpc) is 2.58. The predicted octanol–water partition coefficient (Wildman–Crippen LogP) is 4.76. The van der Waals surface area contributed by atoms with Gasteiger partial charge in [-0.05, 0) is 60.9 Å². The van der Waals surface area contributed by atoms with Gasteiger partial charge in [-0.2, -0.15) is 0 Å². The smallest absolute Gasteiger partial charge is 0.230 e. The van der Waals surface area contributed by atoms with E-state index in [9.17, 15) is 9.18 Å². The van der Waals surface area contributed by atoms with Crippen molar-refractivity contribution in [3.8, 4) is 0 Å². The summed E-state index contributed by atoms with van der Waals surface area (Å²) in [6, 6.07) is 16.0. The second kappa shape index (κ2) is 7.78. The first-order valence-electron chi connectivity index (χ1n) is 8.34. The first-order chi connectivity index (χ1) is 12.5. The summed E-state index contributed by atoms with van der Waals surface area (Å²) in [6.45, 7) is 4.09. The normalized spacial score (nSPS) is 10.4. The Balaban J connectivity index is 1.62. The summed E-state index contributed by atoms with van der Waals surface area (Å²) in [7, 11) is 0. The van der Waals surface area contributed by atoms with Crippen molar-refractivity contribution in [1.82, 2.24) is 4.98 Å². The highest BCUT2D eigenvalue weighted by atomic mass is 19.1. The van der Waals surface area contributed by atoms with Crippen LogP contribution in [0, 0.1) is 19.7 Å². The Hall–Kier alpha value is -3.21. The molecule has 1 amide bonds. The van der Waals surface area contributed by atoms with Crippen molar-refractivity contribution in [1.29, 1.82) is 0 Å². The van der Waals surface area contributed by atoms with Gasteiger partial charge in [0.15, 0.2) is 0 Å². The Morgan fingerprint density at radius 2 is 1.73 bits per heavy atom. The molecule has 1 aromatic heterocycles. The molecule has 0 aliphatic rings. The number of aryl methyl sites for hydroxylation is 2. The standard InChI is InChI=1S/C21H20FN3O/c1-14-9-15(2)11-18(10-14)24-17-7-8-20(23-13-17)25-21(26)12-16-5-3-4-6-19(16)22/h3-11,13,24H,12H2,1-2H3,(H,23,25,26). The fraction of sp³-hybridized carbons (Fsp3) is 0.143. The third-order valence-corrected chi connectivity index (χ3v) is 3.85. The number of nitrogens with one attached hydrogen (secondary N) is 2. The Labute approximate surface area is 152 Å². The van der Waals surface area contributed by atoms with Crippen molar-refractivity contribution >= 4 is 23.1 Å². The van der Waals surface area contributed by atoms with Gasteiger partial charge in [-0.3, -0.25) is 4.79 Å². The second-order valence-corrected chi connectivity index (χ2v) is 6.25. The van der Waals surface area contributed by atoms with Gasteiger partial charge < -0.3 is 10.6 Å². The molecule has 2 N–H and O–H groups in total. The van der Waals surface area contributed by atoms with E-state index in [4.69, 9.17) is 0 Å². The molecule has 0 saturated heterocycles. The van der Waals surface area contributed by atoms with Crippen molar-refractivity contribution in [2.75, 3.05) is 10.6 Å². The molecular formula is C21H20FN3O. The monoisotopic (exact) mass is 349 g/mol. The van der Waals surface area contributed by atoms with Crippen LogP contribution in [0.15, 0.2) is 60.8 Å². The molecule has 3 aromatic rings. The van der Waals surface area contributed by atoms with Crippen LogP contribution >= 0.6 is 0 Å². The quantitative estimate of drug-likeness (QED) is 0.698. The van der Waals surface area contributed by atoms with Gasteiger partial charge in [0.2, 0.25) is 5.91 Å². The molecule has 0 atom stereocenters. The van der Waals surface area contributed by atoms with Gasteiger partial charge >= 0.3 is 0 Å². The highest BCUT2D eigenvalue weighted by Crippen LogP contribution is 2.20. The third-order valence-electron chi connectivity index (χ3n) is 3.85. The molecular weight excluding hydrogens is 329 g/mol. The van der Waals surface area contributed by atoms with E-state index >= 15 is 0 Å². The molecule has 5 heteroatoms. The van der Waals surface area contributed by atoms with Gasteiger partial charge in [0, 0.05) is 5.69 Å². The maximum atomic E-state index is 13.6. The lowest BCUT2D eigenvalue weighted by atomic mass is 10.1. The topological polar surface area (TPSA) is 54.0 Å². The second-order valence-electron chi connectivity index (χ2n) is 6.25. The minimum atomic E-state index is -0.386. The van der Waals surface area contributed by atoms with Crippen molar-refractivity contribution in [2.24, 2.45) is 0 Å². The van der Waals surface area contributed by atoms with Crippen molar-refractivity contribution in [3.05, 3.63) is 83.3 Å². The summed E-state index contributed by atoms with van der Waals surface area (Å²) in [5.74, 6) is -0.265. The van der Waals surface area contributed by atoms with Gasteiger partial charge in [0.05, 0.1) is 18.3 Å². The van der Waals surface area contributed by atoms with Crippen LogP contribution in [0.3, 0.4) is 0 Å². The van der Waals surface area contributed by atoms with Gasteiger partial charge in [0.1, 0.15) is 11.6 Å². The summed E-state index contributed by atoms with van der Waals surface area (Å²) < 4.78 is 13.6. The van der Waals surface area contributed by atoms with Crippen molar-refractivity contribution in [3.63, 3.8) is 0 Å². The van der Waals surface area contributed by atoms with Crippen LogP contribution in [0.2, 0.25) is 0 Å². The summed E-state index contributed by atoms with van der Waals surface area (Å²) in [6.07, 6.45) is 1.62. The number of carbonyl (C=O) groups is 1. The number of hydrogen-bond acceptors (Lipinski definition) is 3. The number of anilines is 3. The van der Waals surface area contributed by atoms with Gasteiger partial charge in [0.25, 0.3) is 0 Å². The zero-order valence-electron chi connectivity index (χ0n) is 14.7. The van der Waals surface area contributed by atoms with Gasteiger partial charge in [-0.15, -0.1) is 0 Å². The molecule has 2 aromatic carbocycles. The molecule has 0 spiro atoms. The third kappa shape index (κ3) is 4.66. The molecule has 0 fully saturated rings. The number of nitrogens with zero attached hydrogens (tertiary/aromatic N) is 1. The number of rotatable bonds is 5. The number of benzene rings is 2. The van der Waals surface area contributed by atoms with Crippen LogP contribution in [-0.2, 0) is 11.2 Å². The number of amides is 1. The zero-order chi connectivity index (χ0) is 18.5. The molecule has 0 aliphatic carbocycles. The highest BCUT2D eigenvalue weighted by molar-refractivity contribution is 5.91. The zero-order valence-corrected chi connectivity index (χ0v) is 14.7. The highest BCUT2D eigenvalue weighted by Gasteiger charge is 2.08. The SMILES string of the molecule is Cc1cc(C)cc(Nc2ccc(NC(=O)Cc3ccccc3F)nc2)c1. The van der Waals surface area contributed by atoms with Crippen LogP contribution in [0.5, 0.6) is 0 Å². The van der Waals surface area contributed by atoms with Crippen molar-refractivity contribution in [2.45, 2.75) is 20.3 Å². The van der Waals surface area contributed by atoms with E-state index in [0.717, 1.165) is 11.4 Å². The van der Waals surface area contributed by atoms with E-state index in [1.54, 1.807) is 30.5 Å². The fourth-order valence-electron chi connectivity index (χ4n) is 2.76. The molecule has 4 nitrogen and oxygen atoms in total. The number of carbonyl (C=O) groups excluding carboxylic acids is 1. The molecule has 0 aliphatic heterocycles. The maximum absolute atomic E-state index is 13.6. The molecule has 0 bridgehead atoms. The van der Waals surface area contributed by atoms with Gasteiger partial charge in [-0.25, -0.2) is 9.37 Å². The lowest BCUT2D eigenvalue weighted by Gasteiger charge is -2.10. The molecule has 26 heavy (non-hydrogen) atoms. The fourth-order valence-corrected chi connectivity index (χ4v) is 2.76. The predicted molar refractivity (Wildman–Crippen MR) is 102 cm³/mol. The summed E-state index contributed by atoms with van der Waals surface area (Å²) in [4.78, 5) is 16.3. The van der Waals surface area contributed by atoms with Crippen LogP contribution in [-0.4, -0.2) is 10.9 Å². The lowest BCUT2D eigenvalue weighted by molar-refractivity contribution is -0.115. The van der Waals surface area contributed by atoms with E-state index in [1.165, 1.54) is 17.2 Å².